The molecule has 1 aromatic carbocycles. The van der Waals surface area contributed by atoms with E-state index in [-0.39, 0.29) is 11.7 Å². The molecule has 2 aromatic rings. The fraction of sp³-hybridized carbons (Fsp3) is 0.214. The van der Waals surface area contributed by atoms with Crippen molar-refractivity contribution in [3.8, 4) is 5.75 Å². The van der Waals surface area contributed by atoms with Gasteiger partial charge in [-0.15, -0.1) is 0 Å². The van der Waals surface area contributed by atoms with E-state index in [0.717, 1.165) is 15.1 Å². The lowest BCUT2D eigenvalue weighted by Crippen LogP contribution is -2.25. The normalized spacial score (nSPS) is 10.5. The van der Waals surface area contributed by atoms with E-state index in [2.05, 4.69) is 0 Å². The van der Waals surface area contributed by atoms with E-state index in [1.165, 1.54) is 6.07 Å². The molecule has 100 valence electrons. The summed E-state index contributed by atoms with van der Waals surface area (Å²) < 4.78 is 6.16. The summed E-state index contributed by atoms with van der Waals surface area (Å²) in [5.74, 6) is 1.53. The van der Waals surface area contributed by atoms with Crippen LogP contribution in [0.4, 0.5) is 0 Å². The van der Waals surface area contributed by atoms with Crippen LogP contribution in [-0.4, -0.2) is 23.0 Å². The molecule has 0 radical (unpaired) electrons. The summed E-state index contributed by atoms with van der Waals surface area (Å²) in [5, 5.41) is 9.63. The molecule has 5 heteroatoms. The summed E-state index contributed by atoms with van der Waals surface area (Å²) in [6.07, 6.45) is 0. The molecular weight excluding hydrogens is 357 g/mol. The van der Waals surface area contributed by atoms with Crippen molar-refractivity contribution in [1.29, 1.82) is 0 Å². The number of benzene rings is 1. The van der Waals surface area contributed by atoms with E-state index >= 15 is 0 Å². The molecule has 0 atom stereocenters. The molecule has 0 aliphatic heterocycles. The SMILES string of the molecule is Cc1ccc(CN(C)C(=O)c2ccc(I)c(O)c2)o1. The Bertz CT molecular complexity index is 606. The fourth-order valence-corrected chi connectivity index (χ4v) is 2.08. The lowest BCUT2D eigenvalue weighted by atomic mass is 10.2. The Kier molecular flexibility index (Phi) is 4.14. The van der Waals surface area contributed by atoms with Gasteiger partial charge in [-0.3, -0.25) is 4.79 Å². The van der Waals surface area contributed by atoms with Crippen LogP contribution in [0.3, 0.4) is 0 Å². The first kappa shape index (κ1) is 13.9. The van der Waals surface area contributed by atoms with Crippen molar-refractivity contribution in [2.75, 3.05) is 7.05 Å². The molecule has 2 rings (SSSR count). The Balaban J connectivity index is 2.12. The number of rotatable bonds is 3. The number of amides is 1. The van der Waals surface area contributed by atoms with Gasteiger partial charge < -0.3 is 14.4 Å². The van der Waals surface area contributed by atoms with Crippen LogP contribution in [0, 0.1) is 10.5 Å². The van der Waals surface area contributed by atoms with Gasteiger partial charge in [0.15, 0.2) is 0 Å². The second-order valence-electron chi connectivity index (χ2n) is 4.34. The second kappa shape index (κ2) is 5.64. The van der Waals surface area contributed by atoms with Gasteiger partial charge in [0.1, 0.15) is 17.3 Å². The Labute approximate surface area is 125 Å². The molecule has 4 nitrogen and oxygen atoms in total. The largest absolute Gasteiger partial charge is 0.507 e. The third kappa shape index (κ3) is 3.28. The summed E-state index contributed by atoms with van der Waals surface area (Å²) in [4.78, 5) is 13.7. The smallest absolute Gasteiger partial charge is 0.254 e. The molecule has 0 aliphatic rings. The minimum absolute atomic E-state index is 0.119. The lowest BCUT2D eigenvalue weighted by Gasteiger charge is -2.16. The average Bonchev–Trinajstić information content (AvgIpc) is 2.77. The van der Waals surface area contributed by atoms with Gasteiger partial charge in [0.05, 0.1) is 10.1 Å². The molecule has 0 saturated carbocycles. The van der Waals surface area contributed by atoms with Crippen LogP contribution in [0.1, 0.15) is 21.9 Å². The van der Waals surface area contributed by atoms with Gasteiger partial charge in [-0.2, -0.15) is 0 Å². The Morgan fingerprint density at radius 2 is 2.11 bits per heavy atom. The predicted molar refractivity (Wildman–Crippen MR) is 80.1 cm³/mol. The van der Waals surface area contributed by atoms with Crippen molar-refractivity contribution in [3.63, 3.8) is 0 Å². The quantitative estimate of drug-likeness (QED) is 0.844. The first-order valence-corrected chi connectivity index (χ1v) is 6.84. The molecule has 0 spiro atoms. The number of carbonyl (C=O) groups is 1. The van der Waals surface area contributed by atoms with E-state index in [9.17, 15) is 9.90 Å². The number of phenolic OH excluding ortho intramolecular Hbond substituents is 1. The van der Waals surface area contributed by atoms with Crippen molar-refractivity contribution < 1.29 is 14.3 Å². The van der Waals surface area contributed by atoms with E-state index in [1.807, 2.05) is 41.6 Å². The molecule has 0 saturated heterocycles. The number of hydrogen-bond donors (Lipinski definition) is 1. The zero-order valence-electron chi connectivity index (χ0n) is 10.7. The number of aryl methyl sites for hydroxylation is 1. The van der Waals surface area contributed by atoms with Gasteiger partial charge in [0.2, 0.25) is 0 Å². The monoisotopic (exact) mass is 371 g/mol. The summed E-state index contributed by atoms with van der Waals surface area (Å²) in [7, 11) is 1.70. The van der Waals surface area contributed by atoms with Crippen molar-refractivity contribution >= 4 is 28.5 Å². The Morgan fingerprint density at radius 3 is 2.68 bits per heavy atom. The first-order chi connectivity index (χ1) is 8.97. The van der Waals surface area contributed by atoms with Crippen LogP contribution < -0.4 is 0 Å². The van der Waals surface area contributed by atoms with Crippen LogP contribution >= 0.6 is 22.6 Å². The van der Waals surface area contributed by atoms with E-state index in [4.69, 9.17) is 4.42 Å². The number of phenols is 1. The summed E-state index contributed by atoms with van der Waals surface area (Å²) in [6.45, 7) is 2.27. The highest BCUT2D eigenvalue weighted by atomic mass is 127. The highest BCUT2D eigenvalue weighted by Gasteiger charge is 2.14. The zero-order chi connectivity index (χ0) is 14.0. The maximum Gasteiger partial charge on any atom is 0.254 e. The molecule has 0 unspecified atom stereocenters. The third-order valence-corrected chi connectivity index (χ3v) is 3.64. The molecule has 0 fully saturated rings. The van der Waals surface area contributed by atoms with Crippen LogP contribution in [0.2, 0.25) is 0 Å². The summed E-state index contributed by atoms with van der Waals surface area (Å²) in [6, 6.07) is 8.62. The fourth-order valence-electron chi connectivity index (χ4n) is 1.74. The van der Waals surface area contributed by atoms with Crippen molar-refractivity contribution in [3.05, 3.63) is 51.0 Å². The molecule has 19 heavy (non-hydrogen) atoms. The molecule has 1 N–H and O–H groups in total. The molecule has 1 amide bonds. The maximum atomic E-state index is 12.2. The van der Waals surface area contributed by atoms with Crippen molar-refractivity contribution in [1.82, 2.24) is 4.90 Å². The van der Waals surface area contributed by atoms with Crippen LogP contribution in [0.5, 0.6) is 5.75 Å². The molecule has 0 aliphatic carbocycles. The van der Waals surface area contributed by atoms with Crippen LogP contribution in [0.25, 0.3) is 0 Å². The second-order valence-corrected chi connectivity index (χ2v) is 5.50. The third-order valence-electron chi connectivity index (χ3n) is 2.73. The minimum atomic E-state index is -0.152. The average molecular weight is 371 g/mol. The number of nitrogens with zero attached hydrogens (tertiary/aromatic N) is 1. The number of furan rings is 1. The van der Waals surface area contributed by atoms with Gasteiger partial charge >= 0.3 is 0 Å². The highest BCUT2D eigenvalue weighted by Crippen LogP contribution is 2.21. The molecule has 1 heterocycles. The van der Waals surface area contributed by atoms with E-state index < -0.39 is 0 Å². The van der Waals surface area contributed by atoms with E-state index in [1.54, 1.807) is 24.1 Å². The van der Waals surface area contributed by atoms with Crippen molar-refractivity contribution in [2.45, 2.75) is 13.5 Å². The minimum Gasteiger partial charge on any atom is -0.507 e. The van der Waals surface area contributed by atoms with Gasteiger partial charge in [-0.05, 0) is 59.8 Å². The topological polar surface area (TPSA) is 53.7 Å². The summed E-state index contributed by atoms with van der Waals surface area (Å²) >= 11 is 2.01. The Hall–Kier alpha value is -1.50. The lowest BCUT2D eigenvalue weighted by molar-refractivity contribution is 0.0774. The van der Waals surface area contributed by atoms with Gasteiger partial charge in [-0.25, -0.2) is 0 Å². The Morgan fingerprint density at radius 1 is 1.37 bits per heavy atom. The van der Waals surface area contributed by atoms with E-state index in [0.29, 0.717) is 12.1 Å². The zero-order valence-corrected chi connectivity index (χ0v) is 12.8. The number of hydrogen-bond acceptors (Lipinski definition) is 3. The molecular formula is C14H14INO3. The number of carbonyl (C=O) groups excluding carboxylic acids is 1. The van der Waals surface area contributed by atoms with Crippen LogP contribution in [0.15, 0.2) is 34.7 Å². The molecule has 0 bridgehead atoms. The number of aromatic hydroxyl groups is 1. The van der Waals surface area contributed by atoms with Gasteiger partial charge in [0.25, 0.3) is 5.91 Å². The van der Waals surface area contributed by atoms with Gasteiger partial charge in [0, 0.05) is 12.6 Å². The van der Waals surface area contributed by atoms with Crippen LogP contribution in [-0.2, 0) is 6.54 Å². The number of halogens is 1. The van der Waals surface area contributed by atoms with Crippen molar-refractivity contribution in [2.24, 2.45) is 0 Å². The molecule has 1 aromatic heterocycles. The predicted octanol–water partition coefficient (Wildman–Crippen LogP) is 3.17. The highest BCUT2D eigenvalue weighted by molar-refractivity contribution is 14.1. The summed E-state index contributed by atoms with van der Waals surface area (Å²) in [5.41, 5.74) is 0.462. The first-order valence-electron chi connectivity index (χ1n) is 5.76. The maximum absolute atomic E-state index is 12.2. The van der Waals surface area contributed by atoms with Gasteiger partial charge in [-0.1, -0.05) is 0 Å². The standard InChI is InChI=1S/C14H14INO3/c1-9-3-5-11(19-9)8-16(2)14(18)10-4-6-12(15)13(17)7-10/h3-7,17H,8H2,1-2H3.